The first-order valence-electron chi connectivity index (χ1n) is 9.04. The second-order valence-corrected chi connectivity index (χ2v) is 9.25. The van der Waals surface area contributed by atoms with E-state index in [1.54, 1.807) is 32.9 Å². The molecule has 0 aliphatic carbocycles. The Morgan fingerprint density at radius 3 is 2.20 bits per heavy atom. The predicted molar refractivity (Wildman–Crippen MR) is 108 cm³/mol. The maximum absolute atomic E-state index is 13.6. The molecular formula is C20H23F2N3O4S. The Morgan fingerprint density at radius 1 is 0.967 bits per heavy atom. The zero-order chi connectivity index (χ0) is 22.5. The molecular weight excluding hydrogens is 416 g/mol. The van der Waals surface area contributed by atoms with Gasteiger partial charge in [0.25, 0.3) is 5.91 Å². The van der Waals surface area contributed by atoms with Crippen LogP contribution in [0.3, 0.4) is 0 Å². The maximum atomic E-state index is 13.6. The van der Waals surface area contributed by atoms with Gasteiger partial charge in [0.2, 0.25) is 15.9 Å². The van der Waals surface area contributed by atoms with Crippen LogP contribution in [-0.4, -0.2) is 33.3 Å². The van der Waals surface area contributed by atoms with Crippen LogP contribution >= 0.6 is 0 Å². The number of carbonyl (C=O) groups excluding carboxylic acids is 2. The van der Waals surface area contributed by atoms with Crippen molar-refractivity contribution in [2.24, 2.45) is 5.41 Å². The van der Waals surface area contributed by atoms with E-state index in [4.69, 9.17) is 0 Å². The van der Waals surface area contributed by atoms with Crippen LogP contribution in [0.15, 0.2) is 47.4 Å². The molecule has 2 amide bonds. The molecule has 3 N–H and O–H groups in total. The van der Waals surface area contributed by atoms with Crippen molar-refractivity contribution in [3.63, 3.8) is 0 Å². The number of hydrogen-bond acceptors (Lipinski definition) is 4. The highest BCUT2D eigenvalue weighted by Crippen LogP contribution is 2.18. The molecule has 30 heavy (non-hydrogen) atoms. The first kappa shape index (κ1) is 23.4. The van der Waals surface area contributed by atoms with Crippen molar-refractivity contribution in [2.45, 2.75) is 25.7 Å². The smallest absolute Gasteiger partial charge is 0.251 e. The number of amides is 2. The number of rotatable bonds is 7. The van der Waals surface area contributed by atoms with Gasteiger partial charge in [0.15, 0.2) is 0 Å². The first-order chi connectivity index (χ1) is 13.9. The lowest BCUT2D eigenvalue weighted by Gasteiger charge is -2.17. The van der Waals surface area contributed by atoms with E-state index in [0.717, 1.165) is 12.1 Å². The second kappa shape index (κ2) is 9.31. The molecule has 0 atom stereocenters. The van der Waals surface area contributed by atoms with E-state index in [1.165, 1.54) is 12.1 Å². The third kappa shape index (κ3) is 6.33. The lowest BCUT2D eigenvalue weighted by molar-refractivity contribution is -0.123. The fraction of sp³-hybridized carbons (Fsp3) is 0.300. The van der Waals surface area contributed by atoms with Gasteiger partial charge < -0.3 is 10.6 Å². The Bertz CT molecular complexity index is 1030. The summed E-state index contributed by atoms with van der Waals surface area (Å²) in [5.41, 5.74) is 0.289. The molecule has 2 rings (SSSR count). The molecule has 0 saturated carbocycles. The van der Waals surface area contributed by atoms with E-state index in [2.05, 4.69) is 15.4 Å². The average molecular weight is 439 g/mol. The number of nitrogens with one attached hydrogen (secondary N) is 3. The van der Waals surface area contributed by atoms with Gasteiger partial charge in [-0.25, -0.2) is 21.9 Å². The third-order valence-electron chi connectivity index (χ3n) is 3.97. The summed E-state index contributed by atoms with van der Waals surface area (Å²) in [7, 11) is -4.26. The van der Waals surface area contributed by atoms with Gasteiger partial charge in [-0.3, -0.25) is 9.59 Å². The summed E-state index contributed by atoms with van der Waals surface area (Å²) in [6.45, 7) is 5.05. The number of carbonyl (C=O) groups is 2. The van der Waals surface area contributed by atoms with Crippen LogP contribution in [-0.2, 0) is 14.8 Å². The molecule has 10 heteroatoms. The van der Waals surface area contributed by atoms with Gasteiger partial charge in [0.05, 0.1) is 0 Å². The summed E-state index contributed by atoms with van der Waals surface area (Å²) >= 11 is 0. The molecule has 7 nitrogen and oxygen atoms in total. The molecule has 0 spiro atoms. The summed E-state index contributed by atoms with van der Waals surface area (Å²) in [5, 5.41) is 5.25. The fourth-order valence-corrected chi connectivity index (χ4v) is 3.37. The minimum Gasteiger partial charge on any atom is -0.351 e. The van der Waals surface area contributed by atoms with Gasteiger partial charge in [-0.1, -0.05) is 20.8 Å². The monoisotopic (exact) mass is 439 g/mol. The van der Waals surface area contributed by atoms with Crippen molar-refractivity contribution in [1.82, 2.24) is 10.0 Å². The topological polar surface area (TPSA) is 104 Å². The summed E-state index contributed by atoms with van der Waals surface area (Å²) in [4.78, 5) is 23.3. The normalized spacial score (nSPS) is 11.8. The van der Waals surface area contributed by atoms with Crippen LogP contribution in [0.4, 0.5) is 14.5 Å². The molecule has 0 aliphatic heterocycles. The Balaban J connectivity index is 1.87. The molecule has 0 bridgehead atoms. The number of hydrogen-bond donors (Lipinski definition) is 3. The van der Waals surface area contributed by atoms with Gasteiger partial charge in [-0.2, -0.15) is 0 Å². The standard InChI is InChI=1S/C20H23F2N3O4S/c1-20(2,3)19(27)25-15-7-4-13(5-8-15)18(26)23-10-11-24-30(28,29)17-12-14(21)6-9-16(17)22/h4-9,12,24H,10-11H2,1-3H3,(H,23,26)(H,25,27). The van der Waals surface area contributed by atoms with E-state index in [0.29, 0.717) is 17.3 Å². The number of benzene rings is 2. The number of sulfonamides is 1. The maximum Gasteiger partial charge on any atom is 0.251 e. The van der Waals surface area contributed by atoms with Gasteiger partial charge in [0, 0.05) is 29.8 Å². The zero-order valence-electron chi connectivity index (χ0n) is 16.8. The molecule has 162 valence electrons. The lowest BCUT2D eigenvalue weighted by atomic mass is 9.95. The minimum atomic E-state index is -4.26. The Labute approximate surface area is 173 Å². The Morgan fingerprint density at radius 2 is 1.60 bits per heavy atom. The van der Waals surface area contributed by atoms with Crippen molar-refractivity contribution in [3.8, 4) is 0 Å². The van der Waals surface area contributed by atoms with Crippen molar-refractivity contribution in [1.29, 1.82) is 0 Å². The largest absolute Gasteiger partial charge is 0.351 e. The lowest BCUT2D eigenvalue weighted by Crippen LogP contribution is -2.35. The molecule has 2 aromatic carbocycles. The van der Waals surface area contributed by atoms with E-state index in [1.807, 2.05) is 0 Å². The van der Waals surface area contributed by atoms with Crippen LogP contribution in [0.1, 0.15) is 31.1 Å². The van der Waals surface area contributed by atoms with Crippen LogP contribution in [0.25, 0.3) is 0 Å². The summed E-state index contributed by atoms with van der Waals surface area (Å²) in [5.74, 6) is -2.58. The molecule has 0 heterocycles. The van der Waals surface area contributed by atoms with Crippen molar-refractivity contribution < 1.29 is 26.8 Å². The Hall–Kier alpha value is -2.85. The van der Waals surface area contributed by atoms with E-state index >= 15 is 0 Å². The Kier molecular flexibility index (Phi) is 7.27. The molecule has 0 unspecified atom stereocenters. The van der Waals surface area contributed by atoms with Crippen LogP contribution in [0, 0.1) is 17.0 Å². The van der Waals surface area contributed by atoms with Crippen molar-refractivity contribution in [2.75, 3.05) is 18.4 Å². The first-order valence-corrected chi connectivity index (χ1v) is 10.5. The van der Waals surface area contributed by atoms with E-state index in [9.17, 15) is 26.8 Å². The highest BCUT2D eigenvalue weighted by Gasteiger charge is 2.21. The fourth-order valence-electron chi connectivity index (χ4n) is 2.25. The van der Waals surface area contributed by atoms with Gasteiger partial charge in [-0.05, 0) is 42.5 Å². The molecule has 0 aromatic heterocycles. The van der Waals surface area contributed by atoms with Gasteiger partial charge >= 0.3 is 0 Å². The zero-order valence-corrected chi connectivity index (χ0v) is 17.6. The quantitative estimate of drug-likeness (QED) is 0.577. The summed E-state index contributed by atoms with van der Waals surface area (Å²) in [6, 6.07) is 8.30. The SMILES string of the molecule is CC(C)(C)C(=O)Nc1ccc(C(=O)NCCNS(=O)(=O)c2cc(F)ccc2F)cc1. The minimum absolute atomic E-state index is 0.0719. The summed E-state index contributed by atoms with van der Waals surface area (Å²) < 4.78 is 53.0. The second-order valence-electron chi connectivity index (χ2n) is 7.51. The molecule has 0 fully saturated rings. The van der Waals surface area contributed by atoms with Crippen LogP contribution < -0.4 is 15.4 Å². The van der Waals surface area contributed by atoms with Crippen molar-refractivity contribution >= 4 is 27.5 Å². The van der Waals surface area contributed by atoms with Crippen LogP contribution in [0.2, 0.25) is 0 Å². The highest BCUT2D eigenvalue weighted by atomic mass is 32.2. The molecule has 0 aliphatic rings. The number of halogens is 2. The number of anilines is 1. The van der Waals surface area contributed by atoms with Gasteiger partial charge in [0.1, 0.15) is 16.5 Å². The van der Waals surface area contributed by atoms with Gasteiger partial charge in [-0.15, -0.1) is 0 Å². The predicted octanol–water partition coefficient (Wildman–Crippen LogP) is 2.66. The molecule has 0 saturated heterocycles. The molecule has 0 radical (unpaired) electrons. The van der Waals surface area contributed by atoms with E-state index < -0.39 is 37.9 Å². The highest BCUT2D eigenvalue weighted by molar-refractivity contribution is 7.89. The molecule has 2 aromatic rings. The third-order valence-corrected chi connectivity index (χ3v) is 5.45. The average Bonchev–Trinajstić information content (AvgIpc) is 2.66. The summed E-state index contributed by atoms with van der Waals surface area (Å²) in [6.07, 6.45) is 0. The van der Waals surface area contributed by atoms with Crippen LogP contribution in [0.5, 0.6) is 0 Å². The van der Waals surface area contributed by atoms with E-state index in [-0.39, 0.29) is 19.0 Å². The van der Waals surface area contributed by atoms with Crippen molar-refractivity contribution in [3.05, 3.63) is 59.7 Å².